The number of hydrogen-bond donors (Lipinski definition) is 1. The maximum Gasteiger partial charge on any atom is 0.271 e. The number of ether oxygens (including phenoxy) is 1. The maximum absolute atomic E-state index is 13.8. The normalized spacial score (nSPS) is 11.9. The predicted octanol–water partition coefficient (Wildman–Crippen LogP) is 3.17. The Morgan fingerprint density at radius 2 is 2.35 bits per heavy atom. The number of thiazole rings is 1. The van der Waals surface area contributed by atoms with E-state index in [2.05, 4.69) is 10.3 Å². The molecule has 0 spiro atoms. The first-order valence-electron chi connectivity index (χ1n) is 6.23. The van der Waals surface area contributed by atoms with Gasteiger partial charge in [0.1, 0.15) is 5.69 Å². The Bertz CT molecular complexity index is 587. The highest BCUT2D eigenvalue weighted by Crippen LogP contribution is 2.22. The molecule has 0 aliphatic heterocycles. The van der Waals surface area contributed by atoms with Crippen molar-refractivity contribution >= 4 is 17.2 Å². The molecule has 0 saturated heterocycles. The second kappa shape index (κ2) is 6.47. The summed E-state index contributed by atoms with van der Waals surface area (Å²) in [5.74, 6) is -0.485. The summed E-state index contributed by atoms with van der Waals surface area (Å²) in [7, 11) is 0. The van der Waals surface area contributed by atoms with Gasteiger partial charge in [-0.05, 0) is 31.5 Å². The Hall–Kier alpha value is -1.95. The average Bonchev–Trinajstić information content (AvgIpc) is 2.95. The lowest BCUT2D eigenvalue weighted by atomic mass is 10.1. The van der Waals surface area contributed by atoms with E-state index in [9.17, 15) is 9.18 Å². The molecule has 4 nitrogen and oxygen atoms in total. The Morgan fingerprint density at radius 3 is 2.95 bits per heavy atom. The first-order valence-corrected chi connectivity index (χ1v) is 7.17. The van der Waals surface area contributed by atoms with Crippen molar-refractivity contribution in [2.24, 2.45) is 0 Å². The van der Waals surface area contributed by atoms with E-state index in [4.69, 9.17) is 4.74 Å². The van der Waals surface area contributed by atoms with E-state index in [1.807, 2.05) is 0 Å². The summed E-state index contributed by atoms with van der Waals surface area (Å²) < 4.78 is 18.9. The summed E-state index contributed by atoms with van der Waals surface area (Å²) >= 11 is 1.35. The van der Waals surface area contributed by atoms with Gasteiger partial charge in [0, 0.05) is 5.38 Å². The van der Waals surface area contributed by atoms with Crippen LogP contribution in [0.1, 0.15) is 35.9 Å². The van der Waals surface area contributed by atoms with Crippen LogP contribution >= 0.6 is 11.3 Å². The van der Waals surface area contributed by atoms with Gasteiger partial charge in [-0.25, -0.2) is 9.37 Å². The number of benzene rings is 1. The lowest BCUT2D eigenvalue weighted by Crippen LogP contribution is -2.26. The third kappa shape index (κ3) is 3.33. The van der Waals surface area contributed by atoms with Gasteiger partial charge in [-0.3, -0.25) is 4.79 Å². The lowest BCUT2D eigenvalue weighted by molar-refractivity contribution is 0.0935. The van der Waals surface area contributed by atoms with Gasteiger partial charge in [0.15, 0.2) is 11.6 Å². The number of amides is 1. The van der Waals surface area contributed by atoms with Crippen LogP contribution in [0.5, 0.6) is 5.75 Å². The number of aromatic nitrogens is 1. The zero-order valence-corrected chi connectivity index (χ0v) is 12.0. The first kappa shape index (κ1) is 14.5. The number of halogens is 1. The van der Waals surface area contributed by atoms with Crippen molar-refractivity contribution in [1.82, 2.24) is 10.3 Å². The van der Waals surface area contributed by atoms with Gasteiger partial charge in [-0.1, -0.05) is 6.07 Å². The second-order valence-electron chi connectivity index (χ2n) is 4.19. The van der Waals surface area contributed by atoms with E-state index in [-0.39, 0.29) is 17.7 Å². The standard InChI is InChI=1S/C14H15FN2O2S/c1-3-19-13-5-4-10(6-11(13)15)9(2)17-14(18)12-7-20-8-16-12/h4-9H,3H2,1-2H3,(H,17,18). The smallest absolute Gasteiger partial charge is 0.271 e. The summed E-state index contributed by atoms with van der Waals surface area (Å²) in [6.45, 7) is 4.00. The molecule has 20 heavy (non-hydrogen) atoms. The van der Waals surface area contributed by atoms with E-state index >= 15 is 0 Å². The molecule has 2 rings (SSSR count). The summed E-state index contributed by atoms with van der Waals surface area (Å²) in [6.07, 6.45) is 0. The van der Waals surface area contributed by atoms with Crippen LogP contribution in [0.4, 0.5) is 4.39 Å². The summed E-state index contributed by atoms with van der Waals surface area (Å²) in [6, 6.07) is 4.37. The molecule has 0 aliphatic carbocycles. The van der Waals surface area contributed by atoms with Gasteiger partial charge in [-0.15, -0.1) is 11.3 Å². The number of carbonyl (C=O) groups excluding carboxylic acids is 1. The van der Waals surface area contributed by atoms with Crippen molar-refractivity contribution in [2.45, 2.75) is 19.9 Å². The maximum atomic E-state index is 13.8. The van der Waals surface area contributed by atoms with Gasteiger partial charge in [-0.2, -0.15) is 0 Å². The monoisotopic (exact) mass is 294 g/mol. The van der Waals surface area contributed by atoms with E-state index < -0.39 is 5.82 Å². The Balaban J connectivity index is 2.07. The van der Waals surface area contributed by atoms with E-state index in [1.165, 1.54) is 17.4 Å². The summed E-state index contributed by atoms with van der Waals surface area (Å²) in [5.41, 5.74) is 2.64. The zero-order chi connectivity index (χ0) is 14.5. The van der Waals surface area contributed by atoms with Crippen LogP contribution in [0.15, 0.2) is 29.1 Å². The molecule has 0 fully saturated rings. The molecule has 0 radical (unpaired) electrons. The molecular weight excluding hydrogens is 279 g/mol. The number of rotatable bonds is 5. The first-order chi connectivity index (χ1) is 9.61. The third-order valence-corrected chi connectivity index (χ3v) is 3.35. The van der Waals surface area contributed by atoms with Crippen molar-refractivity contribution in [3.8, 4) is 5.75 Å². The molecule has 2 aromatic rings. The van der Waals surface area contributed by atoms with Crippen molar-refractivity contribution in [2.75, 3.05) is 6.61 Å². The van der Waals surface area contributed by atoms with Crippen molar-refractivity contribution < 1.29 is 13.9 Å². The van der Waals surface area contributed by atoms with E-state index in [1.54, 1.807) is 36.9 Å². The fraction of sp³-hybridized carbons (Fsp3) is 0.286. The lowest BCUT2D eigenvalue weighted by Gasteiger charge is -2.14. The van der Waals surface area contributed by atoms with Crippen molar-refractivity contribution in [3.05, 3.63) is 46.2 Å². The predicted molar refractivity (Wildman–Crippen MR) is 75.6 cm³/mol. The molecule has 0 saturated carbocycles. The largest absolute Gasteiger partial charge is 0.491 e. The third-order valence-electron chi connectivity index (χ3n) is 2.77. The summed E-state index contributed by atoms with van der Waals surface area (Å²) in [5, 5.41) is 4.44. The van der Waals surface area contributed by atoms with Crippen LogP contribution in [0.2, 0.25) is 0 Å². The van der Waals surface area contributed by atoms with Crippen LogP contribution in [0, 0.1) is 5.82 Å². The number of nitrogens with one attached hydrogen (secondary N) is 1. The molecule has 1 unspecified atom stereocenters. The molecule has 1 N–H and O–H groups in total. The van der Waals surface area contributed by atoms with Gasteiger partial charge >= 0.3 is 0 Å². The van der Waals surface area contributed by atoms with Crippen LogP contribution < -0.4 is 10.1 Å². The van der Waals surface area contributed by atoms with Gasteiger partial charge in [0.25, 0.3) is 5.91 Å². The minimum Gasteiger partial charge on any atom is -0.491 e. The minimum atomic E-state index is -0.431. The molecule has 0 bridgehead atoms. The molecule has 1 heterocycles. The average molecular weight is 294 g/mol. The molecule has 0 aliphatic rings. The topological polar surface area (TPSA) is 51.2 Å². The molecule has 1 aromatic carbocycles. The summed E-state index contributed by atoms with van der Waals surface area (Å²) in [4.78, 5) is 15.8. The molecule has 1 amide bonds. The van der Waals surface area contributed by atoms with Crippen LogP contribution in [-0.4, -0.2) is 17.5 Å². The highest BCUT2D eigenvalue weighted by atomic mass is 32.1. The SMILES string of the molecule is CCOc1ccc(C(C)NC(=O)c2cscn2)cc1F. The second-order valence-corrected chi connectivity index (χ2v) is 4.91. The van der Waals surface area contributed by atoms with E-state index in [0.717, 1.165) is 0 Å². The molecule has 6 heteroatoms. The minimum absolute atomic E-state index is 0.217. The Kier molecular flexibility index (Phi) is 4.68. The molecule has 106 valence electrons. The van der Waals surface area contributed by atoms with Gasteiger partial charge in [0.2, 0.25) is 0 Å². The Morgan fingerprint density at radius 1 is 1.55 bits per heavy atom. The van der Waals surface area contributed by atoms with Crippen LogP contribution in [0.3, 0.4) is 0 Å². The Labute approximate surface area is 120 Å². The fourth-order valence-corrected chi connectivity index (χ4v) is 2.27. The number of hydrogen-bond acceptors (Lipinski definition) is 4. The fourth-order valence-electron chi connectivity index (χ4n) is 1.74. The van der Waals surface area contributed by atoms with Crippen molar-refractivity contribution in [1.29, 1.82) is 0 Å². The van der Waals surface area contributed by atoms with E-state index in [0.29, 0.717) is 17.9 Å². The number of nitrogens with zero attached hydrogens (tertiary/aromatic N) is 1. The van der Waals surface area contributed by atoms with Crippen molar-refractivity contribution in [3.63, 3.8) is 0 Å². The molecule has 1 aromatic heterocycles. The van der Waals surface area contributed by atoms with Gasteiger partial charge in [0.05, 0.1) is 18.2 Å². The highest BCUT2D eigenvalue weighted by Gasteiger charge is 2.14. The van der Waals surface area contributed by atoms with Crippen LogP contribution in [-0.2, 0) is 0 Å². The highest BCUT2D eigenvalue weighted by molar-refractivity contribution is 7.07. The van der Waals surface area contributed by atoms with Crippen LogP contribution in [0.25, 0.3) is 0 Å². The molecular formula is C14H15FN2O2S. The quantitative estimate of drug-likeness (QED) is 0.921. The van der Waals surface area contributed by atoms with Gasteiger partial charge < -0.3 is 10.1 Å². The number of carbonyl (C=O) groups is 1. The zero-order valence-electron chi connectivity index (χ0n) is 11.2. The molecule has 1 atom stereocenters.